The van der Waals surface area contributed by atoms with E-state index in [4.69, 9.17) is 18.9 Å². The Morgan fingerprint density at radius 2 is 1.62 bits per heavy atom. The summed E-state index contributed by atoms with van der Waals surface area (Å²) in [5, 5.41) is 9.96. The molecule has 0 saturated heterocycles. The number of benzene rings is 2. The standard InChI is InChI=1S/C20H25NO5/c1-23-17-6-5-14(19(25-3)20(17)26-4)11-21-8-7-13-9-16(22)18(24-2)10-15(13)12-21/h5-6,9-10,22H,7-8,11-12H2,1-4H3. The van der Waals surface area contributed by atoms with Crippen LogP contribution in [0, 0.1) is 0 Å². The van der Waals surface area contributed by atoms with Crippen molar-refractivity contribution in [2.45, 2.75) is 19.5 Å². The number of rotatable bonds is 6. The number of ether oxygens (including phenoxy) is 4. The molecule has 140 valence electrons. The van der Waals surface area contributed by atoms with Crippen molar-refractivity contribution < 1.29 is 24.1 Å². The first-order valence-corrected chi connectivity index (χ1v) is 8.50. The van der Waals surface area contributed by atoms with Gasteiger partial charge in [-0.2, -0.15) is 0 Å². The van der Waals surface area contributed by atoms with Crippen molar-refractivity contribution in [2.75, 3.05) is 35.0 Å². The molecule has 1 N–H and O–H groups in total. The minimum atomic E-state index is 0.196. The molecule has 6 nitrogen and oxygen atoms in total. The van der Waals surface area contributed by atoms with Gasteiger partial charge in [0.15, 0.2) is 23.0 Å². The Labute approximate surface area is 153 Å². The Morgan fingerprint density at radius 1 is 0.885 bits per heavy atom. The van der Waals surface area contributed by atoms with Gasteiger partial charge in [0, 0.05) is 25.2 Å². The van der Waals surface area contributed by atoms with Gasteiger partial charge in [0.05, 0.1) is 28.4 Å². The maximum Gasteiger partial charge on any atom is 0.203 e. The highest BCUT2D eigenvalue weighted by Crippen LogP contribution is 2.41. The molecule has 0 atom stereocenters. The molecular formula is C20H25NO5. The second-order valence-electron chi connectivity index (χ2n) is 6.25. The van der Waals surface area contributed by atoms with Crippen LogP contribution in [0.5, 0.6) is 28.7 Å². The topological polar surface area (TPSA) is 60.4 Å². The molecule has 6 heteroatoms. The lowest BCUT2D eigenvalue weighted by Gasteiger charge is -2.30. The van der Waals surface area contributed by atoms with E-state index in [1.807, 2.05) is 24.3 Å². The second kappa shape index (κ2) is 7.74. The highest BCUT2D eigenvalue weighted by molar-refractivity contribution is 5.56. The predicted octanol–water partition coefficient (Wildman–Crippen LogP) is 2.98. The SMILES string of the molecule is COc1cc2c(cc1O)CCN(Cc1ccc(OC)c(OC)c1OC)C2. The molecular weight excluding hydrogens is 334 g/mol. The summed E-state index contributed by atoms with van der Waals surface area (Å²) in [5.74, 6) is 2.66. The van der Waals surface area contributed by atoms with Gasteiger partial charge in [-0.1, -0.05) is 6.07 Å². The number of hydrogen-bond acceptors (Lipinski definition) is 6. The molecule has 1 aliphatic heterocycles. The van der Waals surface area contributed by atoms with E-state index in [1.54, 1.807) is 28.4 Å². The van der Waals surface area contributed by atoms with Gasteiger partial charge in [-0.25, -0.2) is 0 Å². The Hall–Kier alpha value is -2.60. The van der Waals surface area contributed by atoms with Crippen molar-refractivity contribution in [3.63, 3.8) is 0 Å². The first-order chi connectivity index (χ1) is 12.6. The van der Waals surface area contributed by atoms with Crippen LogP contribution < -0.4 is 18.9 Å². The molecule has 0 aliphatic carbocycles. The number of phenols is 1. The molecule has 3 rings (SSSR count). The largest absolute Gasteiger partial charge is 0.504 e. The maximum atomic E-state index is 9.96. The van der Waals surface area contributed by atoms with Gasteiger partial charge >= 0.3 is 0 Å². The van der Waals surface area contributed by atoms with Crippen LogP contribution in [0.2, 0.25) is 0 Å². The van der Waals surface area contributed by atoms with E-state index in [0.29, 0.717) is 23.0 Å². The van der Waals surface area contributed by atoms with Crippen LogP contribution in [-0.4, -0.2) is 45.0 Å². The molecule has 2 aromatic carbocycles. The van der Waals surface area contributed by atoms with Crippen LogP contribution in [0.15, 0.2) is 24.3 Å². The van der Waals surface area contributed by atoms with Crippen LogP contribution in [0.3, 0.4) is 0 Å². The number of nitrogens with zero attached hydrogens (tertiary/aromatic N) is 1. The molecule has 0 aromatic heterocycles. The zero-order chi connectivity index (χ0) is 18.7. The Morgan fingerprint density at radius 3 is 2.27 bits per heavy atom. The van der Waals surface area contributed by atoms with Gasteiger partial charge in [0.2, 0.25) is 5.75 Å². The molecule has 1 aliphatic rings. The maximum absolute atomic E-state index is 9.96. The first-order valence-electron chi connectivity index (χ1n) is 8.50. The Balaban J connectivity index is 1.85. The highest BCUT2D eigenvalue weighted by Gasteiger charge is 2.22. The van der Waals surface area contributed by atoms with Crippen molar-refractivity contribution in [1.82, 2.24) is 4.90 Å². The molecule has 0 amide bonds. The van der Waals surface area contributed by atoms with Crippen LogP contribution in [0.25, 0.3) is 0 Å². The molecule has 26 heavy (non-hydrogen) atoms. The number of fused-ring (bicyclic) bond motifs is 1. The monoisotopic (exact) mass is 359 g/mol. The summed E-state index contributed by atoms with van der Waals surface area (Å²) in [6, 6.07) is 7.63. The number of methoxy groups -OCH3 is 4. The summed E-state index contributed by atoms with van der Waals surface area (Å²) < 4.78 is 21.7. The number of phenolic OH excluding ortho intramolecular Hbond substituents is 1. The summed E-state index contributed by atoms with van der Waals surface area (Å²) in [5.41, 5.74) is 3.38. The van der Waals surface area contributed by atoms with E-state index in [-0.39, 0.29) is 5.75 Å². The van der Waals surface area contributed by atoms with E-state index < -0.39 is 0 Å². The minimum absolute atomic E-state index is 0.196. The third-order valence-corrected chi connectivity index (χ3v) is 4.77. The van der Waals surface area contributed by atoms with E-state index in [2.05, 4.69) is 4.90 Å². The molecule has 0 unspecified atom stereocenters. The van der Waals surface area contributed by atoms with Crippen molar-refractivity contribution in [3.05, 3.63) is 41.0 Å². The van der Waals surface area contributed by atoms with Crippen molar-refractivity contribution >= 4 is 0 Å². The van der Waals surface area contributed by atoms with Gasteiger partial charge in [-0.05, 0) is 35.7 Å². The third kappa shape index (κ3) is 3.37. The van der Waals surface area contributed by atoms with Crippen LogP contribution in [0.4, 0.5) is 0 Å². The zero-order valence-electron chi connectivity index (χ0n) is 15.7. The smallest absolute Gasteiger partial charge is 0.203 e. The number of hydrogen-bond donors (Lipinski definition) is 1. The predicted molar refractivity (Wildman–Crippen MR) is 98.6 cm³/mol. The summed E-state index contributed by atoms with van der Waals surface area (Å²) >= 11 is 0. The lowest BCUT2D eigenvalue weighted by Crippen LogP contribution is -2.30. The molecule has 2 aromatic rings. The molecule has 0 bridgehead atoms. The molecule has 0 radical (unpaired) electrons. The Bertz CT molecular complexity index is 790. The van der Waals surface area contributed by atoms with Gasteiger partial charge in [0.1, 0.15) is 0 Å². The fourth-order valence-corrected chi connectivity index (χ4v) is 3.46. The highest BCUT2D eigenvalue weighted by atomic mass is 16.5. The van der Waals surface area contributed by atoms with Gasteiger partial charge in [-0.15, -0.1) is 0 Å². The van der Waals surface area contributed by atoms with Crippen molar-refractivity contribution in [3.8, 4) is 28.7 Å². The van der Waals surface area contributed by atoms with Crippen LogP contribution >= 0.6 is 0 Å². The van der Waals surface area contributed by atoms with E-state index in [1.165, 1.54) is 11.1 Å². The third-order valence-electron chi connectivity index (χ3n) is 4.77. The first kappa shape index (κ1) is 18.2. The minimum Gasteiger partial charge on any atom is -0.504 e. The summed E-state index contributed by atoms with van der Waals surface area (Å²) in [6.45, 7) is 2.41. The molecule has 1 heterocycles. The fourth-order valence-electron chi connectivity index (χ4n) is 3.46. The second-order valence-corrected chi connectivity index (χ2v) is 6.25. The lowest BCUT2D eigenvalue weighted by molar-refractivity contribution is 0.238. The zero-order valence-corrected chi connectivity index (χ0v) is 15.7. The van der Waals surface area contributed by atoms with Gasteiger partial charge in [-0.3, -0.25) is 4.90 Å². The van der Waals surface area contributed by atoms with E-state index in [0.717, 1.165) is 31.6 Å². The van der Waals surface area contributed by atoms with Gasteiger partial charge < -0.3 is 24.1 Å². The number of aromatic hydroxyl groups is 1. The van der Waals surface area contributed by atoms with Crippen LogP contribution in [0.1, 0.15) is 16.7 Å². The molecule has 0 fully saturated rings. The average Bonchev–Trinajstić information content (AvgIpc) is 2.67. The summed E-state index contributed by atoms with van der Waals surface area (Å²) in [6.07, 6.45) is 0.877. The Kier molecular flexibility index (Phi) is 5.42. The van der Waals surface area contributed by atoms with E-state index in [9.17, 15) is 5.11 Å². The molecule has 0 spiro atoms. The quantitative estimate of drug-likeness (QED) is 0.856. The summed E-state index contributed by atoms with van der Waals surface area (Å²) in [4.78, 5) is 2.34. The van der Waals surface area contributed by atoms with Crippen LogP contribution in [-0.2, 0) is 19.5 Å². The van der Waals surface area contributed by atoms with Crippen molar-refractivity contribution in [2.24, 2.45) is 0 Å². The van der Waals surface area contributed by atoms with E-state index >= 15 is 0 Å². The lowest BCUT2D eigenvalue weighted by atomic mass is 9.98. The van der Waals surface area contributed by atoms with Gasteiger partial charge in [0.25, 0.3) is 0 Å². The average molecular weight is 359 g/mol. The fraction of sp³-hybridized carbons (Fsp3) is 0.400. The molecule has 0 saturated carbocycles. The normalized spacial score (nSPS) is 13.8. The van der Waals surface area contributed by atoms with Crippen molar-refractivity contribution in [1.29, 1.82) is 0 Å². The summed E-state index contributed by atoms with van der Waals surface area (Å²) in [7, 11) is 6.43.